The van der Waals surface area contributed by atoms with Gasteiger partial charge in [-0.25, -0.2) is 4.79 Å². The van der Waals surface area contributed by atoms with Crippen molar-refractivity contribution in [2.45, 2.75) is 13.8 Å². The number of H-pyrrole nitrogens is 1. The highest BCUT2D eigenvalue weighted by Gasteiger charge is 2.20. The normalized spacial score (nSPS) is 10.3. The fraction of sp³-hybridized carbons (Fsp3) is 0.231. The minimum absolute atomic E-state index is 0.325. The van der Waals surface area contributed by atoms with Gasteiger partial charge in [0, 0.05) is 23.7 Å². The fourth-order valence-corrected chi connectivity index (χ4v) is 1.85. The highest BCUT2D eigenvalue weighted by Crippen LogP contribution is 2.30. The van der Waals surface area contributed by atoms with Gasteiger partial charge >= 0.3 is 5.97 Å². The van der Waals surface area contributed by atoms with Crippen molar-refractivity contribution in [3.8, 4) is 11.3 Å². The van der Waals surface area contributed by atoms with Crippen LogP contribution in [0.5, 0.6) is 0 Å². The monoisotopic (exact) mass is 245 g/mol. The van der Waals surface area contributed by atoms with Crippen LogP contribution in [-0.4, -0.2) is 22.5 Å². The number of carbonyl (C=O) groups is 1. The quantitative estimate of drug-likeness (QED) is 0.812. The summed E-state index contributed by atoms with van der Waals surface area (Å²) in [5.74, 6) is -0.404. The molecule has 0 unspecified atom stereocenters. The van der Waals surface area contributed by atoms with Crippen LogP contribution >= 0.6 is 0 Å². The Labute approximate surface area is 105 Å². The first-order valence-electron chi connectivity index (χ1n) is 5.70. The van der Waals surface area contributed by atoms with Gasteiger partial charge in [0.15, 0.2) is 0 Å². The van der Waals surface area contributed by atoms with Crippen LogP contribution < -0.4 is 5.73 Å². The summed E-state index contributed by atoms with van der Waals surface area (Å²) in [6.07, 6.45) is 3.37. The number of hydrogen-bond acceptors (Lipinski definition) is 4. The number of hydrogen-bond donors (Lipinski definition) is 2. The summed E-state index contributed by atoms with van der Waals surface area (Å²) in [6, 6.07) is 3.69. The van der Waals surface area contributed by atoms with Gasteiger partial charge in [0.2, 0.25) is 0 Å². The van der Waals surface area contributed by atoms with E-state index >= 15 is 0 Å². The standard InChI is InChI=1S/C13H15N3O2/c1-3-18-13(17)10-8(2)16-12(11(10)14)9-5-4-6-15-7-9/h4-7,16H,3,14H2,1-2H3. The number of rotatable bonds is 3. The van der Waals surface area contributed by atoms with E-state index in [1.54, 1.807) is 26.2 Å². The van der Waals surface area contributed by atoms with E-state index in [-0.39, 0.29) is 0 Å². The molecule has 0 amide bonds. The second kappa shape index (κ2) is 4.91. The van der Waals surface area contributed by atoms with E-state index in [4.69, 9.17) is 10.5 Å². The molecule has 94 valence electrons. The molecule has 0 spiro atoms. The number of nitrogens with two attached hydrogens (primary N) is 1. The number of aromatic amines is 1. The number of pyridine rings is 1. The first kappa shape index (κ1) is 12.2. The Bertz CT molecular complexity index is 561. The number of esters is 1. The zero-order valence-corrected chi connectivity index (χ0v) is 10.4. The van der Waals surface area contributed by atoms with Gasteiger partial charge in [-0.05, 0) is 26.0 Å². The summed E-state index contributed by atoms with van der Waals surface area (Å²) in [6.45, 7) is 3.88. The van der Waals surface area contributed by atoms with Crippen molar-refractivity contribution in [1.82, 2.24) is 9.97 Å². The zero-order chi connectivity index (χ0) is 13.1. The smallest absolute Gasteiger partial charge is 0.342 e. The van der Waals surface area contributed by atoms with Crippen LogP contribution in [0.2, 0.25) is 0 Å². The molecule has 0 aliphatic heterocycles. The molecule has 0 aliphatic carbocycles. The molecule has 0 saturated carbocycles. The number of nitrogens with zero attached hydrogens (tertiary/aromatic N) is 1. The van der Waals surface area contributed by atoms with Crippen molar-refractivity contribution >= 4 is 11.7 Å². The van der Waals surface area contributed by atoms with Crippen LogP contribution in [0.15, 0.2) is 24.5 Å². The summed E-state index contributed by atoms with van der Waals surface area (Å²) in [7, 11) is 0. The maximum Gasteiger partial charge on any atom is 0.342 e. The number of nitrogen functional groups attached to an aromatic ring is 1. The predicted octanol–water partition coefficient (Wildman–Crippen LogP) is 2.14. The Morgan fingerprint density at radius 3 is 2.94 bits per heavy atom. The Balaban J connectivity index is 2.47. The molecule has 2 rings (SSSR count). The molecule has 0 atom stereocenters. The van der Waals surface area contributed by atoms with Crippen molar-refractivity contribution < 1.29 is 9.53 Å². The Kier molecular flexibility index (Phi) is 3.32. The average Bonchev–Trinajstić information content (AvgIpc) is 2.66. The summed E-state index contributed by atoms with van der Waals surface area (Å²) in [5.41, 5.74) is 9.05. The fourth-order valence-electron chi connectivity index (χ4n) is 1.85. The van der Waals surface area contributed by atoms with Crippen LogP contribution in [0.1, 0.15) is 23.0 Å². The molecule has 0 bridgehead atoms. The molecule has 0 fully saturated rings. The van der Waals surface area contributed by atoms with E-state index in [2.05, 4.69) is 9.97 Å². The molecule has 0 radical (unpaired) electrons. The maximum atomic E-state index is 11.8. The van der Waals surface area contributed by atoms with E-state index < -0.39 is 5.97 Å². The van der Waals surface area contributed by atoms with Gasteiger partial charge in [-0.15, -0.1) is 0 Å². The van der Waals surface area contributed by atoms with Crippen LogP contribution in [0.3, 0.4) is 0 Å². The van der Waals surface area contributed by atoms with E-state index in [0.717, 1.165) is 5.56 Å². The molecule has 3 N–H and O–H groups in total. The first-order chi connectivity index (χ1) is 8.65. The lowest BCUT2D eigenvalue weighted by atomic mass is 10.1. The predicted molar refractivity (Wildman–Crippen MR) is 69.1 cm³/mol. The third-order valence-electron chi connectivity index (χ3n) is 2.66. The second-order valence-corrected chi connectivity index (χ2v) is 3.88. The van der Waals surface area contributed by atoms with Crippen molar-refractivity contribution in [3.63, 3.8) is 0 Å². The maximum absolute atomic E-state index is 11.8. The van der Waals surface area contributed by atoms with Crippen LogP contribution in [-0.2, 0) is 4.74 Å². The van der Waals surface area contributed by atoms with Crippen LogP contribution in [0.4, 0.5) is 5.69 Å². The molecule has 0 aromatic carbocycles. The molecule has 0 saturated heterocycles. The van der Waals surface area contributed by atoms with Crippen molar-refractivity contribution in [1.29, 1.82) is 0 Å². The number of anilines is 1. The van der Waals surface area contributed by atoms with Crippen molar-refractivity contribution in [2.24, 2.45) is 0 Å². The van der Waals surface area contributed by atoms with Gasteiger partial charge in [-0.1, -0.05) is 0 Å². The van der Waals surface area contributed by atoms with E-state index in [0.29, 0.717) is 29.2 Å². The minimum Gasteiger partial charge on any atom is -0.462 e. The number of carbonyl (C=O) groups excluding carboxylic acids is 1. The molecule has 2 aromatic heterocycles. The van der Waals surface area contributed by atoms with Gasteiger partial charge in [-0.3, -0.25) is 4.98 Å². The van der Waals surface area contributed by atoms with E-state index in [1.165, 1.54) is 0 Å². The highest BCUT2D eigenvalue weighted by atomic mass is 16.5. The first-order valence-corrected chi connectivity index (χ1v) is 5.70. The summed E-state index contributed by atoms with van der Waals surface area (Å²) >= 11 is 0. The molecule has 2 aromatic rings. The molecular weight excluding hydrogens is 230 g/mol. The van der Waals surface area contributed by atoms with Crippen LogP contribution in [0.25, 0.3) is 11.3 Å². The molecular formula is C13H15N3O2. The molecule has 5 nitrogen and oxygen atoms in total. The summed E-state index contributed by atoms with van der Waals surface area (Å²) in [5, 5.41) is 0. The summed E-state index contributed by atoms with van der Waals surface area (Å²) < 4.78 is 4.98. The largest absolute Gasteiger partial charge is 0.462 e. The van der Waals surface area contributed by atoms with Crippen molar-refractivity contribution in [2.75, 3.05) is 12.3 Å². The molecule has 2 heterocycles. The molecule has 5 heteroatoms. The minimum atomic E-state index is -0.404. The number of ether oxygens (including phenoxy) is 1. The number of aryl methyl sites for hydroxylation is 1. The van der Waals surface area contributed by atoms with Gasteiger partial charge in [0.1, 0.15) is 5.56 Å². The third kappa shape index (κ3) is 2.07. The van der Waals surface area contributed by atoms with Crippen LogP contribution in [0, 0.1) is 6.92 Å². The SMILES string of the molecule is CCOC(=O)c1c(C)[nH]c(-c2cccnc2)c1N. The van der Waals surface area contributed by atoms with Gasteiger partial charge < -0.3 is 15.5 Å². The van der Waals surface area contributed by atoms with Gasteiger partial charge in [0.25, 0.3) is 0 Å². The third-order valence-corrected chi connectivity index (χ3v) is 2.66. The molecule has 18 heavy (non-hydrogen) atoms. The highest BCUT2D eigenvalue weighted by molar-refractivity contribution is 6.00. The zero-order valence-electron chi connectivity index (χ0n) is 10.4. The Morgan fingerprint density at radius 1 is 1.56 bits per heavy atom. The Hall–Kier alpha value is -2.30. The lowest BCUT2D eigenvalue weighted by Gasteiger charge is -2.02. The van der Waals surface area contributed by atoms with E-state index in [9.17, 15) is 4.79 Å². The molecule has 0 aliphatic rings. The average molecular weight is 245 g/mol. The van der Waals surface area contributed by atoms with Crippen molar-refractivity contribution in [3.05, 3.63) is 35.8 Å². The number of aromatic nitrogens is 2. The number of nitrogens with one attached hydrogen (secondary N) is 1. The van der Waals surface area contributed by atoms with E-state index in [1.807, 2.05) is 12.1 Å². The lowest BCUT2D eigenvalue weighted by Crippen LogP contribution is -2.07. The van der Waals surface area contributed by atoms with Gasteiger partial charge in [0.05, 0.1) is 18.0 Å². The van der Waals surface area contributed by atoms with Gasteiger partial charge in [-0.2, -0.15) is 0 Å². The topological polar surface area (TPSA) is 81.0 Å². The second-order valence-electron chi connectivity index (χ2n) is 3.88. The summed E-state index contributed by atoms with van der Waals surface area (Å²) in [4.78, 5) is 18.9. The Morgan fingerprint density at radius 2 is 2.33 bits per heavy atom. The lowest BCUT2D eigenvalue weighted by molar-refractivity contribution is 0.0527.